The first kappa shape index (κ1) is 32.1. The summed E-state index contributed by atoms with van der Waals surface area (Å²) in [7, 11) is 1.53. The molecule has 3 amide bonds. The van der Waals surface area contributed by atoms with Gasteiger partial charge in [-0.1, -0.05) is 54.6 Å². The maximum atomic E-state index is 12.9. The molecule has 5 rings (SSSR count). The van der Waals surface area contributed by atoms with Crippen molar-refractivity contribution in [3.63, 3.8) is 0 Å². The van der Waals surface area contributed by atoms with Gasteiger partial charge in [0.2, 0.25) is 0 Å². The van der Waals surface area contributed by atoms with Crippen LogP contribution in [0.4, 0.5) is 15.3 Å². The quantitative estimate of drug-likeness (QED) is 0.209. The van der Waals surface area contributed by atoms with Crippen LogP contribution in [0.5, 0.6) is 11.5 Å². The molecule has 2 heterocycles. The molecule has 2 aliphatic rings. The van der Waals surface area contributed by atoms with E-state index in [1.165, 1.54) is 7.11 Å². The number of hydrogen-bond donors (Lipinski definition) is 3. The molecule has 10 nitrogen and oxygen atoms in total. The molecule has 0 spiro atoms. The van der Waals surface area contributed by atoms with E-state index in [2.05, 4.69) is 15.5 Å². The van der Waals surface area contributed by atoms with Crippen LogP contribution in [0.15, 0.2) is 72.8 Å². The number of nitrogens with zero attached hydrogens (tertiary/aromatic N) is 3. The molecule has 3 aromatic rings. The average molecular weight is 616 g/mol. The normalized spacial score (nSPS) is 15.8. The Morgan fingerprint density at radius 3 is 2.33 bits per heavy atom. The molecule has 0 aromatic heterocycles. The van der Waals surface area contributed by atoms with Crippen LogP contribution >= 0.6 is 0 Å². The second kappa shape index (κ2) is 16.2. The Hall–Kier alpha value is -4.28. The van der Waals surface area contributed by atoms with Crippen molar-refractivity contribution in [3.8, 4) is 22.6 Å². The van der Waals surface area contributed by atoms with Gasteiger partial charge in [0.05, 0.1) is 12.8 Å². The van der Waals surface area contributed by atoms with Gasteiger partial charge >= 0.3 is 12.1 Å². The van der Waals surface area contributed by atoms with Gasteiger partial charge in [-0.3, -0.25) is 5.32 Å². The minimum Gasteiger partial charge on any atom is -0.504 e. The van der Waals surface area contributed by atoms with Crippen LogP contribution in [0.25, 0.3) is 11.1 Å². The maximum absolute atomic E-state index is 12.9. The summed E-state index contributed by atoms with van der Waals surface area (Å²) in [4.78, 5) is 31.9. The summed E-state index contributed by atoms with van der Waals surface area (Å²) in [6.07, 6.45) is 2.89. The second-order valence-electron chi connectivity index (χ2n) is 11.6. The number of amides is 3. The van der Waals surface area contributed by atoms with Crippen LogP contribution in [-0.2, 0) is 11.3 Å². The van der Waals surface area contributed by atoms with E-state index in [0.29, 0.717) is 12.3 Å². The largest absolute Gasteiger partial charge is 0.504 e. The molecule has 45 heavy (non-hydrogen) atoms. The van der Waals surface area contributed by atoms with E-state index in [-0.39, 0.29) is 17.9 Å². The van der Waals surface area contributed by atoms with Crippen molar-refractivity contribution in [2.75, 3.05) is 64.8 Å². The standard InChI is InChI=1S/C35H45N5O5/c1-44-33-14-13-27(25-32(33)41)26-36-17-7-19-39-23-24-40(35(39)43)20-8-18-38-21-15-29(16-22-38)45-34(42)37-31-12-6-5-11-30(31)28-9-3-2-4-10-28/h2-6,9-14,25,29,36,41H,7-8,15-24,26H2,1H3,(H,37,42). The average Bonchev–Trinajstić information content (AvgIpc) is 3.41. The highest BCUT2D eigenvalue weighted by Gasteiger charge is 2.28. The third kappa shape index (κ3) is 9.12. The number of carbonyl (C=O) groups is 2. The molecule has 0 atom stereocenters. The van der Waals surface area contributed by atoms with E-state index in [1.807, 2.05) is 70.5 Å². The number of anilines is 1. The fourth-order valence-corrected chi connectivity index (χ4v) is 6.01. The van der Waals surface area contributed by atoms with E-state index in [4.69, 9.17) is 9.47 Å². The molecule has 0 saturated carbocycles. The van der Waals surface area contributed by atoms with E-state index in [0.717, 1.165) is 100 Å². The zero-order valence-corrected chi connectivity index (χ0v) is 26.1. The SMILES string of the molecule is COc1ccc(CNCCCN2CCN(CCCN3CCC(OC(=O)Nc4ccccc4-c4ccccc4)CC3)C2=O)cc1O. The summed E-state index contributed by atoms with van der Waals surface area (Å²) in [5, 5.41) is 16.2. The highest BCUT2D eigenvalue weighted by atomic mass is 16.6. The van der Waals surface area contributed by atoms with Gasteiger partial charge < -0.3 is 34.6 Å². The van der Waals surface area contributed by atoms with E-state index in [9.17, 15) is 14.7 Å². The third-order valence-electron chi connectivity index (χ3n) is 8.49. The van der Waals surface area contributed by atoms with Gasteiger partial charge in [-0.15, -0.1) is 0 Å². The van der Waals surface area contributed by atoms with Crippen molar-refractivity contribution in [1.29, 1.82) is 0 Å². The van der Waals surface area contributed by atoms with Crippen LogP contribution in [0.2, 0.25) is 0 Å². The number of likely N-dealkylation sites (tertiary alicyclic amines) is 1. The molecule has 0 unspecified atom stereocenters. The number of phenolic OH excluding ortho intramolecular Hbond substituents is 1. The van der Waals surface area contributed by atoms with Gasteiger partial charge in [0.15, 0.2) is 11.5 Å². The molecule has 0 radical (unpaired) electrons. The van der Waals surface area contributed by atoms with Crippen LogP contribution in [0.1, 0.15) is 31.2 Å². The Balaban J connectivity index is 0.936. The van der Waals surface area contributed by atoms with E-state index >= 15 is 0 Å². The topological polar surface area (TPSA) is 107 Å². The zero-order valence-electron chi connectivity index (χ0n) is 26.1. The van der Waals surface area contributed by atoms with Gasteiger partial charge in [-0.25, -0.2) is 9.59 Å². The van der Waals surface area contributed by atoms with Crippen LogP contribution in [0, 0.1) is 0 Å². The van der Waals surface area contributed by atoms with Crippen molar-refractivity contribution in [2.24, 2.45) is 0 Å². The molecule has 0 aliphatic carbocycles. The minimum absolute atomic E-state index is 0.100. The molecular weight excluding hydrogens is 570 g/mol. The lowest BCUT2D eigenvalue weighted by atomic mass is 10.0. The molecule has 2 aliphatic heterocycles. The lowest BCUT2D eigenvalue weighted by Crippen LogP contribution is -2.40. The number of benzene rings is 3. The van der Waals surface area contributed by atoms with Gasteiger partial charge in [-0.2, -0.15) is 0 Å². The summed E-state index contributed by atoms with van der Waals surface area (Å²) in [6.45, 7) is 7.16. The van der Waals surface area contributed by atoms with Crippen molar-refractivity contribution in [2.45, 2.75) is 38.3 Å². The van der Waals surface area contributed by atoms with Crippen molar-refractivity contribution < 1.29 is 24.2 Å². The number of para-hydroxylation sites is 1. The summed E-state index contributed by atoms with van der Waals surface area (Å²) < 4.78 is 10.9. The number of carbonyl (C=O) groups excluding carboxylic acids is 2. The fourth-order valence-electron chi connectivity index (χ4n) is 6.01. The Bertz CT molecular complexity index is 1400. The summed E-state index contributed by atoms with van der Waals surface area (Å²) in [5.41, 5.74) is 3.73. The van der Waals surface area contributed by atoms with Gasteiger partial charge in [0, 0.05) is 51.4 Å². The first-order chi connectivity index (χ1) is 22.0. The lowest BCUT2D eigenvalue weighted by Gasteiger charge is -2.32. The zero-order chi connectivity index (χ0) is 31.4. The number of rotatable bonds is 14. The molecule has 2 fully saturated rings. The van der Waals surface area contributed by atoms with E-state index in [1.54, 1.807) is 12.1 Å². The number of piperidine rings is 1. The molecule has 3 N–H and O–H groups in total. The lowest BCUT2D eigenvalue weighted by molar-refractivity contribution is 0.0581. The number of ether oxygens (including phenoxy) is 2. The predicted octanol–water partition coefficient (Wildman–Crippen LogP) is 5.39. The first-order valence-corrected chi connectivity index (χ1v) is 15.9. The molecular formula is C35H45N5O5. The second-order valence-corrected chi connectivity index (χ2v) is 11.6. The Morgan fingerprint density at radius 1 is 0.889 bits per heavy atom. The van der Waals surface area contributed by atoms with Crippen LogP contribution < -0.4 is 15.4 Å². The summed E-state index contributed by atoms with van der Waals surface area (Å²) in [5.74, 6) is 0.605. The number of hydrogen-bond acceptors (Lipinski definition) is 7. The maximum Gasteiger partial charge on any atom is 0.411 e. The summed E-state index contributed by atoms with van der Waals surface area (Å²) >= 11 is 0. The van der Waals surface area contributed by atoms with Gasteiger partial charge in [0.25, 0.3) is 0 Å². The highest BCUT2D eigenvalue weighted by molar-refractivity contribution is 5.91. The number of methoxy groups -OCH3 is 1. The minimum atomic E-state index is -0.415. The van der Waals surface area contributed by atoms with Crippen LogP contribution in [0.3, 0.4) is 0 Å². The molecule has 10 heteroatoms. The third-order valence-corrected chi connectivity index (χ3v) is 8.49. The first-order valence-electron chi connectivity index (χ1n) is 15.9. The number of aromatic hydroxyl groups is 1. The number of phenols is 1. The highest BCUT2D eigenvalue weighted by Crippen LogP contribution is 2.28. The molecule has 240 valence electrons. The Kier molecular flexibility index (Phi) is 11.5. The van der Waals surface area contributed by atoms with Gasteiger partial charge in [-0.05, 0) is 68.1 Å². The molecule has 0 bridgehead atoms. The van der Waals surface area contributed by atoms with E-state index < -0.39 is 6.09 Å². The van der Waals surface area contributed by atoms with Crippen LogP contribution in [-0.4, -0.2) is 97.5 Å². The fraction of sp³-hybridized carbons (Fsp3) is 0.429. The van der Waals surface area contributed by atoms with Crippen molar-refractivity contribution in [1.82, 2.24) is 20.0 Å². The molecule has 3 aromatic carbocycles. The Morgan fingerprint density at radius 2 is 1.60 bits per heavy atom. The van der Waals surface area contributed by atoms with Gasteiger partial charge in [0.1, 0.15) is 6.10 Å². The number of nitrogens with one attached hydrogen (secondary N) is 2. The van der Waals surface area contributed by atoms with Crippen molar-refractivity contribution in [3.05, 3.63) is 78.4 Å². The Labute approximate surface area is 265 Å². The van der Waals surface area contributed by atoms with Crippen molar-refractivity contribution >= 4 is 17.8 Å². The monoisotopic (exact) mass is 615 g/mol. The number of urea groups is 1. The summed E-state index contributed by atoms with van der Waals surface area (Å²) in [6, 6.07) is 23.3. The predicted molar refractivity (Wildman–Crippen MR) is 176 cm³/mol. The smallest absolute Gasteiger partial charge is 0.411 e. The molecule has 2 saturated heterocycles.